The van der Waals surface area contributed by atoms with E-state index in [0.717, 1.165) is 29.0 Å². The fourth-order valence-electron chi connectivity index (χ4n) is 4.00. The Balaban J connectivity index is 1.41. The van der Waals surface area contributed by atoms with E-state index < -0.39 is 17.6 Å². The number of alkyl halides is 3. The standard InChI is InChI=1S/C28H23F3N6OS/c1-3-18-6-7-19(9-24(18)35-27-36-25(15-39-27)20-5-4-8-32-13-20)26(38)34-22-10-21(28(29,30)31)11-23(12-22)37-14-17(2)33-16-37/h4-16H,3H2,1-2H3,(H,34,38)(H,35,36). The van der Waals surface area contributed by atoms with Crippen LogP contribution in [0, 0.1) is 6.92 Å². The fraction of sp³-hybridized carbons (Fsp3) is 0.143. The highest BCUT2D eigenvalue weighted by Crippen LogP contribution is 2.34. The Morgan fingerprint density at radius 3 is 2.67 bits per heavy atom. The third-order valence-corrected chi connectivity index (χ3v) is 6.73. The topological polar surface area (TPSA) is 84.7 Å². The van der Waals surface area contributed by atoms with Gasteiger partial charge >= 0.3 is 6.18 Å². The van der Waals surface area contributed by atoms with E-state index in [9.17, 15) is 18.0 Å². The van der Waals surface area contributed by atoms with Crippen molar-refractivity contribution in [1.82, 2.24) is 19.5 Å². The quantitative estimate of drug-likeness (QED) is 0.223. The van der Waals surface area contributed by atoms with Crippen LogP contribution in [0.25, 0.3) is 16.9 Å². The van der Waals surface area contributed by atoms with Crippen molar-refractivity contribution in [3.8, 4) is 16.9 Å². The molecule has 0 atom stereocenters. The monoisotopic (exact) mass is 548 g/mol. The smallest absolute Gasteiger partial charge is 0.331 e. The molecule has 0 unspecified atom stereocenters. The molecule has 5 aromatic rings. The molecule has 11 heteroatoms. The second kappa shape index (κ2) is 10.7. The maximum absolute atomic E-state index is 13.6. The Hall–Kier alpha value is -4.51. The van der Waals surface area contributed by atoms with E-state index in [1.54, 1.807) is 37.6 Å². The predicted octanol–water partition coefficient (Wildman–Crippen LogP) is 7.28. The number of pyridine rings is 1. The van der Waals surface area contributed by atoms with Crippen LogP contribution in [0.15, 0.2) is 78.8 Å². The summed E-state index contributed by atoms with van der Waals surface area (Å²) in [6.07, 6.45) is 2.57. The number of anilines is 3. The van der Waals surface area contributed by atoms with Crippen molar-refractivity contribution in [3.05, 3.63) is 101 Å². The molecule has 0 spiro atoms. The molecule has 0 bridgehead atoms. The lowest BCUT2D eigenvalue weighted by Crippen LogP contribution is -2.14. The first kappa shape index (κ1) is 26.1. The van der Waals surface area contributed by atoms with E-state index in [0.29, 0.717) is 22.9 Å². The maximum Gasteiger partial charge on any atom is 0.416 e. The minimum Gasteiger partial charge on any atom is -0.331 e. The number of nitrogens with zero attached hydrogens (tertiary/aromatic N) is 4. The van der Waals surface area contributed by atoms with Crippen LogP contribution in [0.1, 0.15) is 34.1 Å². The van der Waals surface area contributed by atoms with Crippen molar-refractivity contribution in [2.45, 2.75) is 26.4 Å². The second-order valence-corrected chi connectivity index (χ2v) is 9.63. The number of benzene rings is 2. The first-order chi connectivity index (χ1) is 18.7. The van der Waals surface area contributed by atoms with Crippen molar-refractivity contribution in [2.75, 3.05) is 10.6 Å². The summed E-state index contributed by atoms with van der Waals surface area (Å²) in [5.74, 6) is -0.539. The van der Waals surface area contributed by atoms with E-state index in [2.05, 4.69) is 25.6 Å². The number of hydrogen-bond acceptors (Lipinski definition) is 6. The molecule has 3 heterocycles. The number of hydrogen-bond donors (Lipinski definition) is 2. The molecule has 198 valence electrons. The minimum atomic E-state index is -4.59. The van der Waals surface area contributed by atoms with Gasteiger partial charge in [0.2, 0.25) is 0 Å². The molecule has 0 radical (unpaired) electrons. The van der Waals surface area contributed by atoms with Gasteiger partial charge in [-0.15, -0.1) is 11.3 Å². The Kier molecular flexibility index (Phi) is 7.16. The average Bonchev–Trinajstić information content (AvgIpc) is 3.57. The molecule has 0 saturated carbocycles. The summed E-state index contributed by atoms with van der Waals surface area (Å²) in [7, 11) is 0. The van der Waals surface area contributed by atoms with Crippen molar-refractivity contribution in [2.24, 2.45) is 0 Å². The van der Waals surface area contributed by atoms with E-state index in [-0.39, 0.29) is 16.9 Å². The molecule has 0 fully saturated rings. The summed E-state index contributed by atoms with van der Waals surface area (Å²) in [6, 6.07) is 12.3. The van der Waals surface area contributed by atoms with Crippen molar-refractivity contribution < 1.29 is 18.0 Å². The highest BCUT2D eigenvalue weighted by atomic mass is 32.1. The summed E-state index contributed by atoms with van der Waals surface area (Å²) >= 11 is 1.42. The van der Waals surface area contributed by atoms with E-state index in [1.807, 2.05) is 30.5 Å². The lowest BCUT2D eigenvalue weighted by atomic mass is 10.1. The van der Waals surface area contributed by atoms with Crippen LogP contribution in [0.5, 0.6) is 0 Å². The molecular weight excluding hydrogens is 525 g/mol. The van der Waals surface area contributed by atoms with Crippen LogP contribution in [0.3, 0.4) is 0 Å². The number of nitrogens with one attached hydrogen (secondary N) is 2. The van der Waals surface area contributed by atoms with Crippen LogP contribution in [-0.2, 0) is 12.6 Å². The van der Waals surface area contributed by atoms with Crippen molar-refractivity contribution in [3.63, 3.8) is 0 Å². The highest BCUT2D eigenvalue weighted by Gasteiger charge is 2.31. The Labute approximate surface area is 226 Å². The summed E-state index contributed by atoms with van der Waals surface area (Å²) in [5.41, 5.74) is 3.63. The predicted molar refractivity (Wildman–Crippen MR) is 146 cm³/mol. The van der Waals surface area contributed by atoms with Gasteiger partial charge in [0.25, 0.3) is 5.91 Å². The van der Waals surface area contributed by atoms with E-state index >= 15 is 0 Å². The zero-order valence-electron chi connectivity index (χ0n) is 21.0. The highest BCUT2D eigenvalue weighted by molar-refractivity contribution is 7.14. The van der Waals surface area contributed by atoms with Gasteiger partial charge in [-0.2, -0.15) is 13.2 Å². The van der Waals surface area contributed by atoms with Gasteiger partial charge in [-0.05, 0) is 61.4 Å². The summed E-state index contributed by atoms with van der Waals surface area (Å²) in [5, 5.41) is 8.45. The van der Waals surface area contributed by atoms with Crippen LogP contribution < -0.4 is 10.6 Å². The Morgan fingerprint density at radius 2 is 1.97 bits per heavy atom. The normalized spacial score (nSPS) is 11.4. The van der Waals surface area contributed by atoms with Gasteiger partial charge in [-0.3, -0.25) is 9.78 Å². The Morgan fingerprint density at radius 1 is 1.13 bits per heavy atom. The maximum atomic E-state index is 13.6. The molecular formula is C28H23F3N6OS. The van der Waals surface area contributed by atoms with Gasteiger partial charge in [0, 0.05) is 52.2 Å². The molecule has 2 aromatic carbocycles. The lowest BCUT2D eigenvalue weighted by molar-refractivity contribution is -0.137. The van der Waals surface area contributed by atoms with Gasteiger partial charge in [-0.25, -0.2) is 9.97 Å². The number of amides is 1. The number of rotatable bonds is 7. The number of imidazole rings is 1. The van der Waals surface area contributed by atoms with Gasteiger partial charge in [-0.1, -0.05) is 13.0 Å². The van der Waals surface area contributed by atoms with Gasteiger partial charge in [0.1, 0.15) is 0 Å². The van der Waals surface area contributed by atoms with Crippen LogP contribution in [0.4, 0.5) is 29.7 Å². The first-order valence-electron chi connectivity index (χ1n) is 12.0. The minimum absolute atomic E-state index is 0.0197. The van der Waals surface area contributed by atoms with Gasteiger partial charge in [0.05, 0.1) is 23.3 Å². The number of carbonyl (C=O) groups is 1. The molecule has 5 rings (SSSR count). The molecule has 0 aliphatic rings. The molecule has 2 N–H and O–H groups in total. The molecule has 0 aliphatic heterocycles. The molecule has 39 heavy (non-hydrogen) atoms. The molecule has 0 saturated heterocycles. The summed E-state index contributed by atoms with van der Waals surface area (Å²) < 4.78 is 42.4. The van der Waals surface area contributed by atoms with Crippen LogP contribution in [-0.4, -0.2) is 25.4 Å². The third-order valence-electron chi connectivity index (χ3n) is 5.97. The van der Waals surface area contributed by atoms with Crippen LogP contribution >= 0.6 is 11.3 Å². The van der Waals surface area contributed by atoms with E-state index in [1.165, 1.54) is 28.3 Å². The SMILES string of the molecule is CCc1ccc(C(=O)Nc2cc(-n3cnc(C)c3)cc(C(F)(F)F)c2)cc1Nc1nc(-c2cccnc2)cs1. The number of halogens is 3. The lowest BCUT2D eigenvalue weighted by Gasteiger charge is -2.15. The Bertz CT molecular complexity index is 1630. The average molecular weight is 549 g/mol. The second-order valence-electron chi connectivity index (χ2n) is 8.77. The number of carbonyl (C=O) groups excluding carboxylic acids is 1. The largest absolute Gasteiger partial charge is 0.416 e. The van der Waals surface area contributed by atoms with Gasteiger partial charge < -0.3 is 15.2 Å². The first-order valence-corrected chi connectivity index (χ1v) is 12.9. The zero-order chi connectivity index (χ0) is 27.6. The number of aryl methyl sites for hydroxylation is 2. The van der Waals surface area contributed by atoms with E-state index in [4.69, 9.17) is 0 Å². The third kappa shape index (κ3) is 5.99. The summed E-state index contributed by atoms with van der Waals surface area (Å²) in [6.45, 7) is 3.73. The fourth-order valence-corrected chi connectivity index (χ4v) is 4.73. The summed E-state index contributed by atoms with van der Waals surface area (Å²) in [4.78, 5) is 26.0. The molecule has 7 nitrogen and oxygen atoms in total. The number of aromatic nitrogens is 4. The molecule has 0 aliphatic carbocycles. The van der Waals surface area contributed by atoms with Gasteiger partial charge in [0.15, 0.2) is 5.13 Å². The molecule has 3 aromatic heterocycles. The number of thiazole rings is 1. The van der Waals surface area contributed by atoms with Crippen LogP contribution in [0.2, 0.25) is 0 Å². The zero-order valence-corrected chi connectivity index (χ0v) is 21.8. The van der Waals surface area contributed by atoms with Crippen molar-refractivity contribution in [1.29, 1.82) is 0 Å². The van der Waals surface area contributed by atoms with Crippen molar-refractivity contribution >= 4 is 33.8 Å². The molecule has 1 amide bonds.